The first-order chi connectivity index (χ1) is 12.9. The van der Waals surface area contributed by atoms with Crippen LogP contribution >= 0.6 is 0 Å². The monoisotopic (exact) mass is 355 g/mol. The Balaban J connectivity index is 1.85. The first-order valence-corrected chi connectivity index (χ1v) is 9.78. The van der Waals surface area contributed by atoms with Crippen LogP contribution in [0.3, 0.4) is 0 Å². The van der Waals surface area contributed by atoms with Crippen LogP contribution in [0.25, 0.3) is 33.2 Å². The van der Waals surface area contributed by atoms with Crippen LogP contribution in [0.5, 0.6) is 0 Å². The highest BCUT2D eigenvalue weighted by molar-refractivity contribution is 6.09. The second-order valence-corrected chi connectivity index (χ2v) is 9.17. The van der Waals surface area contributed by atoms with Gasteiger partial charge in [-0.1, -0.05) is 58.0 Å². The number of fused-ring (bicyclic) bond motifs is 4. The fourth-order valence-electron chi connectivity index (χ4n) is 4.56. The van der Waals surface area contributed by atoms with E-state index < -0.39 is 0 Å². The maximum Gasteiger partial charge on any atom is 0.161 e. The summed E-state index contributed by atoms with van der Waals surface area (Å²) in [5.74, 6) is 0. The first-order valence-electron chi connectivity index (χ1n) is 9.78. The van der Waals surface area contributed by atoms with Crippen LogP contribution in [0.1, 0.15) is 51.7 Å². The van der Waals surface area contributed by atoms with Crippen LogP contribution < -0.4 is 0 Å². The number of hydrogen-bond donors (Lipinski definition) is 0. The van der Waals surface area contributed by atoms with Gasteiger partial charge in [0.2, 0.25) is 0 Å². The molecule has 0 bridgehead atoms. The van der Waals surface area contributed by atoms with Gasteiger partial charge in [-0.15, -0.1) is 0 Å². The Morgan fingerprint density at radius 1 is 0.815 bits per heavy atom. The average molecular weight is 355 g/mol. The van der Waals surface area contributed by atoms with Crippen molar-refractivity contribution in [3.05, 3.63) is 65.9 Å². The predicted octanol–water partition coefficient (Wildman–Crippen LogP) is 7.00. The van der Waals surface area contributed by atoms with E-state index in [0.717, 1.165) is 27.8 Å². The second-order valence-electron chi connectivity index (χ2n) is 9.17. The molecule has 0 radical (unpaired) electrons. The summed E-state index contributed by atoms with van der Waals surface area (Å²) >= 11 is 0. The molecule has 0 spiro atoms. The van der Waals surface area contributed by atoms with Crippen molar-refractivity contribution in [2.75, 3.05) is 0 Å². The van der Waals surface area contributed by atoms with Crippen molar-refractivity contribution in [3.8, 4) is 11.3 Å². The lowest BCUT2D eigenvalue weighted by Gasteiger charge is -2.41. The quantitative estimate of drug-likeness (QED) is 0.367. The van der Waals surface area contributed by atoms with Gasteiger partial charge >= 0.3 is 0 Å². The number of pyridine rings is 1. The van der Waals surface area contributed by atoms with Crippen LogP contribution in [0.15, 0.2) is 59.1 Å². The van der Waals surface area contributed by atoms with Crippen molar-refractivity contribution >= 4 is 21.9 Å². The van der Waals surface area contributed by atoms with Gasteiger partial charge in [-0.3, -0.25) is 4.98 Å². The number of hydrogen-bond acceptors (Lipinski definition) is 2. The fraction of sp³-hybridized carbons (Fsp3) is 0.320. The van der Waals surface area contributed by atoms with Crippen LogP contribution in [-0.2, 0) is 10.8 Å². The molecule has 5 rings (SSSR count). The van der Waals surface area contributed by atoms with E-state index in [1.54, 1.807) is 0 Å². The summed E-state index contributed by atoms with van der Waals surface area (Å²) < 4.78 is 6.40. The third-order valence-corrected chi connectivity index (χ3v) is 6.41. The van der Waals surface area contributed by atoms with Gasteiger partial charge in [0.15, 0.2) is 5.58 Å². The highest BCUT2D eigenvalue weighted by atomic mass is 16.3. The topological polar surface area (TPSA) is 26.0 Å². The van der Waals surface area contributed by atoms with E-state index in [1.165, 1.54) is 29.4 Å². The standard InChI is InChI=1S/C25H25NO/c1-24(2)11-12-25(3,4)20-15-21-18(14-19(20)24)17-10-13-26-22(23(17)27-21)16-8-6-5-7-9-16/h5-10,13-15H,11-12H2,1-4H3. The molecular weight excluding hydrogens is 330 g/mol. The summed E-state index contributed by atoms with van der Waals surface area (Å²) in [5.41, 5.74) is 7.13. The molecule has 27 heavy (non-hydrogen) atoms. The summed E-state index contributed by atoms with van der Waals surface area (Å²) in [6, 6.07) is 17.1. The van der Waals surface area contributed by atoms with Gasteiger partial charge in [0.1, 0.15) is 11.3 Å². The second kappa shape index (κ2) is 5.45. The van der Waals surface area contributed by atoms with Gasteiger partial charge in [-0.2, -0.15) is 0 Å². The molecule has 2 heteroatoms. The third-order valence-electron chi connectivity index (χ3n) is 6.41. The summed E-state index contributed by atoms with van der Waals surface area (Å²) in [6.45, 7) is 9.44. The minimum absolute atomic E-state index is 0.179. The lowest BCUT2D eigenvalue weighted by Crippen LogP contribution is -2.33. The van der Waals surface area contributed by atoms with Crippen LogP contribution in [-0.4, -0.2) is 4.98 Å². The van der Waals surface area contributed by atoms with E-state index in [-0.39, 0.29) is 10.8 Å². The third kappa shape index (κ3) is 2.43. The summed E-state index contributed by atoms with van der Waals surface area (Å²) in [7, 11) is 0. The van der Waals surface area contributed by atoms with Gasteiger partial charge in [-0.05, 0) is 53.0 Å². The zero-order valence-electron chi connectivity index (χ0n) is 16.5. The molecule has 2 heterocycles. The SMILES string of the molecule is CC1(C)CCC(C)(C)c2cc3c(cc21)oc1c(-c2ccccc2)nccc13. The number of rotatable bonds is 1. The van der Waals surface area contributed by atoms with E-state index in [1.807, 2.05) is 24.4 Å². The molecular formula is C25H25NO. The van der Waals surface area contributed by atoms with Crippen LogP contribution in [0, 0.1) is 0 Å². The average Bonchev–Trinajstić information content (AvgIpc) is 3.03. The van der Waals surface area contributed by atoms with Gasteiger partial charge in [0, 0.05) is 22.5 Å². The lowest BCUT2D eigenvalue weighted by molar-refractivity contribution is 0.332. The molecule has 0 aliphatic heterocycles. The molecule has 0 fully saturated rings. The molecule has 2 aromatic carbocycles. The number of nitrogens with zero attached hydrogens (tertiary/aromatic N) is 1. The van der Waals surface area contributed by atoms with Crippen molar-refractivity contribution < 1.29 is 4.42 Å². The Bertz CT molecular complexity index is 1170. The number of benzene rings is 2. The highest BCUT2D eigenvalue weighted by Crippen LogP contribution is 2.48. The molecule has 1 aliphatic carbocycles. The minimum Gasteiger partial charge on any atom is -0.454 e. The maximum absolute atomic E-state index is 6.40. The number of aromatic nitrogens is 1. The van der Waals surface area contributed by atoms with Crippen molar-refractivity contribution in [1.82, 2.24) is 4.98 Å². The maximum atomic E-state index is 6.40. The highest BCUT2D eigenvalue weighted by Gasteiger charge is 2.37. The summed E-state index contributed by atoms with van der Waals surface area (Å²) in [6.07, 6.45) is 4.31. The number of furan rings is 1. The Morgan fingerprint density at radius 3 is 2.19 bits per heavy atom. The van der Waals surface area contributed by atoms with Gasteiger partial charge in [0.25, 0.3) is 0 Å². The molecule has 0 atom stereocenters. The molecule has 4 aromatic rings. The Morgan fingerprint density at radius 2 is 1.48 bits per heavy atom. The van der Waals surface area contributed by atoms with E-state index in [4.69, 9.17) is 4.42 Å². The van der Waals surface area contributed by atoms with Crippen LogP contribution in [0.4, 0.5) is 0 Å². The molecule has 1 aliphatic rings. The summed E-state index contributed by atoms with van der Waals surface area (Å²) in [4.78, 5) is 4.63. The van der Waals surface area contributed by atoms with E-state index in [2.05, 4.69) is 63.0 Å². The van der Waals surface area contributed by atoms with Gasteiger partial charge in [0.05, 0.1) is 0 Å². The molecule has 0 saturated carbocycles. The Labute approximate surface area is 160 Å². The molecule has 0 saturated heterocycles. The van der Waals surface area contributed by atoms with Crippen molar-refractivity contribution in [3.63, 3.8) is 0 Å². The largest absolute Gasteiger partial charge is 0.454 e. The molecule has 2 aromatic heterocycles. The first kappa shape index (κ1) is 16.6. The minimum atomic E-state index is 0.179. The van der Waals surface area contributed by atoms with E-state index >= 15 is 0 Å². The summed E-state index contributed by atoms with van der Waals surface area (Å²) in [5, 5.41) is 2.36. The zero-order valence-corrected chi connectivity index (χ0v) is 16.5. The zero-order chi connectivity index (χ0) is 18.8. The molecule has 0 unspecified atom stereocenters. The molecule has 2 nitrogen and oxygen atoms in total. The molecule has 0 amide bonds. The van der Waals surface area contributed by atoms with Gasteiger partial charge < -0.3 is 4.42 Å². The normalized spacial score (nSPS) is 17.9. The van der Waals surface area contributed by atoms with Gasteiger partial charge in [-0.25, -0.2) is 0 Å². The fourth-order valence-corrected chi connectivity index (χ4v) is 4.56. The smallest absolute Gasteiger partial charge is 0.161 e. The Hall–Kier alpha value is -2.61. The molecule has 0 N–H and O–H groups in total. The predicted molar refractivity (Wildman–Crippen MR) is 112 cm³/mol. The molecule has 136 valence electrons. The van der Waals surface area contributed by atoms with E-state index in [9.17, 15) is 0 Å². The van der Waals surface area contributed by atoms with E-state index in [0.29, 0.717) is 0 Å². The Kier molecular flexibility index (Phi) is 3.34. The van der Waals surface area contributed by atoms with Crippen molar-refractivity contribution in [2.45, 2.75) is 51.4 Å². The van der Waals surface area contributed by atoms with Crippen molar-refractivity contribution in [1.29, 1.82) is 0 Å². The van der Waals surface area contributed by atoms with Crippen LogP contribution in [0.2, 0.25) is 0 Å². The lowest BCUT2D eigenvalue weighted by atomic mass is 9.63. The van der Waals surface area contributed by atoms with Crippen molar-refractivity contribution in [2.24, 2.45) is 0 Å².